The molecule has 1 atom stereocenters. The minimum Gasteiger partial charge on any atom is -0.463 e. The highest BCUT2D eigenvalue weighted by Gasteiger charge is 2.38. The van der Waals surface area contributed by atoms with Crippen molar-refractivity contribution >= 4 is 23.6 Å². The number of hydrogen-bond acceptors (Lipinski definition) is 5. The van der Waals surface area contributed by atoms with E-state index in [2.05, 4.69) is 21.2 Å². The van der Waals surface area contributed by atoms with Gasteiger partial charge in [0.25, 0.3) is 0 Å². The molecule has 0 radical (unpaired) electrons. The Morgan fingerprint density at radius 3 is 2.31 bits per heavy atom. The normalized spacial score (nSPS) is 19.6. The SMILES string of the molecule is CCOC(=O)C1=C(CN2CCN(Cc3cccc(Cl)c3)CC2)N(CC)C(=O)N[C@H]1c1ccccc1. The zero-order valence-electron chi connectivity index (χ0n) is 20.4. The molecule has 2 amide bonds. The van der Waals surface area contributed by atoms with Crippen LogP contribution in [-0.4, -0.2) is 72.6 Å². The topological polar surface area (TPSA) is 65.1 Å². The quantitative estimate of drug-likeness (QED) is 0.558. The van der Waals surface area contributed by atoms with Gasteiger partial charge in [0.15, 0.2) is 0 Å². The number of likely N-dealkylation sites (N-methyl/N-ethyl adjacent to an activating group) is 1. The van der Waals surface area contributed by atoms with Crippen LogP contribution in [0, 0.1) is 0 Å². The molecule has 1 fully saturated rings. The van der Waals surface area contributed by atoms with E-state index in [1.807, 2.05) is 55.5 Å². The fourth-order valence-corrected chi connectivity index (χ4v) is 4.98. The lowest BCUT2D eigenvalue weighted by atomic mass is 9.94. The van der Waals surface area contributed by atoms with E-state index in [-0.39, 0.29) is 18.6 Å². The van der Waals surface area contributed by atoms with Crippen molar-refractivity contribution < 1.29 is 14.3 Å². The molecule has 0 aliphatic carbocycles. The van der Waals surface area contributed by atoms with Crippen LogP contribution in [0.25, 0.3) is 0 Å². The molecule has 0 spiro atoms. The molecule has 0 aromatic heterocycles. The summed E-state index contributed by atoms with van der Waals surface area (Å²) >= 11 is 6.14. The number of benzene rings is 2. The summed E-state index contributed by atoms with van der Waals surface area (Å²) < 4.78 is 5.46. The number of amides is 2. The van der Waals surface area contributed by atoms with E-state index in [0.717, 1.165) is 49.0 Å². The second-order valence-corrected chi connectivity index (χ2v) is 9.24. The van der Waals surface area contributed by atoms with Gasteiger partial charge in [-0.2, -0.15) is 0 Å². The molecule has 0 bridgehead atoms. The second-order valence-electron chi connectivity index (χ2n) is 8.80. The number of nitrogens with zero attached hydrogens (tertiary/aromatic N) is 3. The highest BCUT2D eigenvalue weighted by Crippen LogP contribution is 2.32. The average Bonchev–Trinajstić information content (AvgIpc) is 2.86. The number of nitrogens with one attached hydrogen (secondary N) is 1. The van der Waals surface area contributed by atoms with E-state index >= 15 is 0 Å². The number of hydrogen-bond donors (Lipinski definition) is 1. The fourth-order valence-electron chi connectivity index (χ4n) is 4.76. The lowest BCUT2D eigenvalue weighted by molar-refractivity contribution is -0.139. The number of urea groups is 1. The van der Waals surface area contributed by atoms with Gasteiger partial charge in [-0.3, -0.25) is 14.7 Å². The summed E-state index contributed by atoms with van der Waals surface area (Å²) in [6.07, 6.45) is 0. The lowest BCUT2D eigenvalue weighted by Gasteiger charge is -2.40. The summed E-state index contributed by atoms with van der Waals surface area (Å²) in [4.78, 5) is 32.6. The Morgan fingerprint density at radius 1 is 1.00 bits per heavy atom. The monoisotopic (exact) mass is 496 g/mol. The summed E-state index contributed by atoms with van der Waals surface area (Å²) in [6, 6.07) is 16.8. The van der Waals surface area contributed by atoms with Crippen molar-refractivity contribution in [2.75, 3.05) is 45.9 Å². The molecular formula is C27H33ClN4O3. The number of carbonyl (C=O) groups excluding carboxylic acids is 2. The standard InChI is InChI=1S/C27H33ClN4O3/c1-3-32-23(19-31-15-13-30(14-16-31)18-20-9-8-12-22(28)17-20)24(26(33)35-4-2)25(29-27(32)34)21-10-6-5-7-11-21/h5-12,17,25H,3-4,13-16,18-19H2,1-2H3,(H,29,34)/t25-/m0/s1. The van der Waals surface area contributed by atoms with Gasteiger partial charge in [0.05, 0.1) is 18.2 Å². The Labute approximate surface area is 212 Å². The summed E-state index contributed by atoms with van der Waals surface area (Å²) in [5.41, 5.74) is 3.31. The van der Waals surface area contributed by atoms with Crippen LogP contribution in [0.15, 0.2) is 65.9 Å². The van der Waals surface area contributed by atoms with Gasteiger partial charge in [0, 0.05) is 56.5 Å². The van der Waals surface area contributed by atoms with Gasteiger partial charge < -0.3 is 10.1 Å². The highest BCUT2D eigenvalue weighted by molar-refractivity contribution is 6.30. The van der Waals surface area contributed by atoms with Crippen LogP contribution in [0.2, 0.25) is 5.02 Å². The number of halogens is 1. The average molecular weight is 497 g/mol. The zero-order valence-corrected chi connectivity index (χ0v) is 21.1. The van der Waals surface area contributed by atoms with E-state index in [0.29, 0.717) is 18.7 Å². The zero-order chi connectivity index (χ0) is 24.8. The Kier molecular flexibility index (Phi) is 8.44. The summed E-state index contributed by atoms with van der Waals surface area (Å²) in [6.45, 7) is 9.32. The van der Waals surface area contributed by atoms with Crippen molar-refractivity contribution in [2.24, 2.45) is 0 Å². The molecule has 2 aliphatic heterocycles. The van der Waals surface area contributed by atoms with Crippen LogP contribution in [0.3, 0.4) is 0 Å². The van der Waals surface area contributed by atoms with Crippen molar-refractivity contribution in [1.82, 2.24) is 20.0 Å². The Bertz CT molecular complexity index is 1070. The molecule has 35 heavy (non-hydrogen) atoms. The predicted molar refractivity (Wildman–Crippen MR) is 137 cm³/mol. The first-order valence-electron chi connectivity index (χ1n) is 12.2. The largest absolute Gasteiger partial charge is 0.463 e. The third-order valence-electron chi connectivity index (χ3n) is 6.52. The van der Waals surface area contributed by atoms with Gasteiger partial charge in [-0.1, -0.05) is 54.1 Å². The van der Waals surface area contributed by atoms with Gasteiger partial charge in [0.2, 0.25) is 0 Å². The first kappa shape index (κ1) is 25.2. The minimum atomic E-state index is -0.537. The smallest absolute Gasteiger partial charge is 0.338 e. The molecular weight excluding hydrogens is 464 g/mol. The number of piperazine rings is 1. The summed E-state index contributed by atoms with van der Waals surface area (Å²) in [5.74, 6) is -0.380. The van der Waals surface area contributed by atoms with Crippen molar-refractivity contribution in [3.8, 4) is 0 Å². The maximum absolute atomic E-state index is 13.2. The first-order valence-corrected chi connectivity index (χ1v) is 12.6. The molecule has 186 valence electrons. The van der Waals surface area contributed by atoms with Crippen molar-refractivity contribution in [3.63, 3.8) is 0 Å². The number of esters is 1. The number of rotatable bonds is 8. The third kappa shape index (κ3) is 6.04. The minimum absolute atomic E-state index is 0.191. The van der Waals surface area contributed by atoms with E-state index in [1.54, 1.807) is 11.8 Å². The van der Waals surface area contributed by atoms with Crippen LogP contribution in [-0.2, 0) is 16.1 Å². The van der Waals surface area contributed by atoms with Crippen LogP contribution in [0.5, 0.6) is 0 Å². The summed E-state index contributed by atoms with van der Waals surface area (Å²) in [7, 11) is 0. The third-order valence-corrected chi connectivity index (χ3v) is 6.75. The van der Waals surface area contributed by atoms with E-state index in [1.165, 1.54) is 5.56 Å². The Balaban J connectivity index is 1.55. The van der Waals surface area contributed by atoms with Crippen molar-refractivity contribution in [3.05, 3.63) is 82.0 Å². The summed E-state index contributed by atoms with van der Waals surface area (Å²) in [5, 5.41) is 3.77. The molecule has 1 saturated heterocycles. The predicted octanol–water partition coefficient (Wildman–Crippen LogP) is 4.06. The first-order chi connectivity index (χ1) is 17.0. The van der Waals surface area contributed by atoms with Crippen molar-refractivity contribution in [1.29, 1.82) is 0 Å². The highest BCUT2D eigenvalue weighted by atomic mass is 35.5. The molecule has 0 saturated carbocycles. The molecule has 1 N–H and O–H groups in total. The van der Waals surface area contributed by atoms with E-state index < -0.39 is 6.04 Å². The Morgan fingerprint density at radius 2 is 1.69 bits per heavy atom. The Hall–Kier alpha value is -2.87. The molecule has 2 heterocycles. The van der Waals surface area contributed by atoms with E-state index in [9.17, 15) is 9.59 Å². The molecule has 4 rings (SSSR count). The number of ether oxygens (including phenoxy) is 1. The van der Waals surface area contributed by atoms with Gasteiger partial charge in [-0.25, -0.2) is 9.59 Å². The van der Waals surface area contributed by atoms with Gasteiger partial charge in [-0.15, -0.1) is 0 Å². The molecule has 0 unspecified atom stereocenters. The van der Waals surface area contributed by atoms with E-state index in [4.69, 9.17) is 16.3 Å². The molecule has 2 aromatic carbocycles. The number of carbonyl (C=O) groups is 2. The van der Waals surface area contributed by atoms with Crippen LogP contribution in [0.1, 0.15) is 31.0 Å². The van der Waals surface area contributed by atoms with Gasteiger partial charge in [0.1, 0.15) is 0 Å². The van der Waals surface area contributed by atoms with Crippen LogP contribution >= 0.6 is 11.6 Å². The van der Waals surface area contributed by atoms with Gasteiger partial charge in [-0.05, 0) is 37.1 Å². The van der Waals surface area contributed by atoms with Crippen LogP contribution in [0.4, 0.5) is 4.79 Å². The lowest BCUT2D eigenvalue weighted by Crippen LogP contribution is -2.53. The second kappa shape index (κ2) is 11.7. The van der Waals surface area contributed by atoms with Crippen molar-refractivity contribution in [2.45, 2.75) is 26.4 Å². The van der Waals surface area contributed by atoms with Crippen LogP contribution < -0.4 is 5.32 Å². The molecule has 8 heteroatoms. The maximum atomic E-state index is 13.2. The maximum Gasteiger partial charge on any atom is 0.338 e. The fraction of sp³-hybridized carbons (Fsp3) is 0.407. The molecule has 7 nitrogen and oxygen atoms in total. The molecule has 2 aliphatic rings. The van der Waals surface area contributed by atoms with Gasteiger partial charge >= 0.3 is 12.0 Å². The molecule has 2 aromatic rings.